The molecule has 0 unspecified atom stereocenters. The van der Waals surface area contributed by atoms with Crippen molar-refractivity contribution in [3.63, 3.8) is 0 Å². The zero-order chi connectivity index (χ0) is 14.2. The van der Waals surface area contributed by atoms with Crippen LogP contribution in [0.5, 0.6) is 0 Å². The predicted octanol–water partition coefficient (Wildman–Crippen LogP) is 1.17. The molecule has 0 bridgehead atoms. The van der Waals surface area contributed by atoms with Crippen molar-refractivity contribution in [2.75, 3.05) is 32.1 Å². The van der Waals surface area contributed by atoms with Crippen LogP contribution >= 0.6 is 0 Å². The van der Waals surface area contributed by atoms with Crippen molar-refractivity contribution in [2.24, 2.45) is 7.05 Å². The van der Waals surface area contributed by atoms with Crippen LogP contribution in [0.15, 0.2) is 0 Å². The van der Waals surface area contributed by atoms with Crippen LogP contribution in [0.3, 0.4) is 0 Å². The predicted molar refractivity (Wildman–Crippen MR) is 73.5 cm³/mol. The summed E-state index contributed by atoms with van der Waals surface area (Å²) in [7, 11) is 6.00. The summed E-state index contributed by atoms with van der Waals surface area (Å²) in [5.74, 6) is 1.29. The molecule has 106 valence electrons. The Labute approximate surface area is 113 Å². The number of hydrogen-bond donors (Lipinski definition) is 0. The Morgan fingerprint density at radius 2 is 1.95 bits per heavy atom. The van der Waals surface area contributed by atoms with Crippen LogP contribution in [-0.4, -0.2) is 52.6 Å². The van der Waals surface area contributed by atoms with Crippen molar-refractivity contribution in [1.82, 2.24) is 14.5 Å². The molecule has 0 spiro atoms. The van der Waals surface area contributed by atoms with Gasteiger partial charge in [-0.1, -0.05) is 0 Å². The summed E-state index contributed by atoms with van der Waals surface area (Å²) in [6.45, 7) is 3.47. The van der Waals surface area contributed by atoms with Crippen molar-refractivity contribution in [3.8, 4) is 0 Å². The van der Waals surface area contributed by atoms with Gasteiger partial charge in [0, 0.05) is 33.1 Å². The smallest absolute Gasteiger partial charge is 0.358 e. The van der Waals surface area contributed by atoms with E-state index in [2.05, 4.69) is 28.9 Å². The third-order valence-electron chi connectivity index (χ3n) is 3.94. The highest BCUT2D eigenvalue weighted by atomic mass is 16.6. The zero-order valence-electron chi connectivity index (χ0n) is 12.0. The topological polar surface area (TPSA) is 67.4 Å². The van der Waals surface area contributed by atoms with Gasteiger partial charge in [0.05, 0.1) is 0 Å². The summed E-state index contributed by atoms with van der Waals surface area (Å²) in [6, 6.07) is 0.560. The van der Waals surface area contributed by atoms with Gasteiger partial charge >= 0.3 is 5.82 Å². The maximum absolute atomic E-state index is 11.1. The number of nitrogens with zero attached hydrogens (tertiary/aromatic N) is 5. The molecular formula is C12H21N5O2. The first kappa shape index (κ1) is 13.8. The molecule has 7 nitrogen and oxygen atoms in total. The molecule has 19 heavy (non-hydrogen) atoms. The van der Waals surface area contributed by atoms with Crippen molar-refractivity contribution in [1.29, 1.82) is 0 Å². The lowest BCUT2D eigenvalue weighted by Crippen LogP contribution is -2.42. The lowest BCUT2D eigenvalue weighted by atomic mass is 10.0. The third kappa shape index (κ3) is 2.56. The number of aryl methyl sites for hydroxylation is 1. The molecule has 2 rings (SSSR count). The monoisotopic (exact) mass is 267 g/mol. The van der Waals surface area contributed by atoms with Crippen molar-refractivity contribution < 1.29 is 4.92 Å². The summed E-state index contributed by atoms with van der Waals surface area (Å²) in [5, 5.41) is 11.1. The van der Waals surface area contributed by atoms with Crippen LogP contribution in [0.4, 0.5) is 11.6 Å². The van der Waals surface area contributed by atoms with Gasteiger partial charge in [0.1, 0.15) is 0 Å². The van der Waals surface area contributed by atoms with E-state index in [1.807, 2.05) is 11.6 Å². The van der Waals surface area contributed by atoms with Crippen LogP contribution in [0.2, 0.25) is 0 Å². The van der Waals surface area contributed by atoms with Gasteiger partial charge in [-0.3, -0.25) is 4.57 Å². The number of piperidine rings is 1. The molecule has 1 aromatic rings. The van der Waals surface area contributed by atoms with E-state index >= 15 is 0 Å². The Hall–Kier alpha value is -1.63. The second kappa shape index (κ2) is 5.16. The lowest BCUT2D eigenvalue weighted by Gasteiger charge is -2.35. The molecular weight excluding hydrogens is 246 g/mol. The van der Waals surface area contributed by atoms with Crippen LogP contribution in [0.1, 0.15) is 18.7 Å². The third-order valence-corrected chi connectivity index (χ3v) is 3.94. The summed E-state index contributed by atoms with van der Waals surface area (Å²) >= 11 is 0. The highest BCUT2D eigenvalue weighted by Crippen LogP contribution is 2.30. The molecule has 0 aliphatic carbocycles. The van der Waals surface area contributed by atoms with E-state index in [-0.39, 0.29) is 10.7 Å². The molecule has 1 saturated heterocycles. The molecule has 0 aromatic carbocycles. The van der Waals surface area contributed by atoms with Gasteiger partial charge in [-0.15, -0.1) is 0 Å². The Morgan fingerprint density at radius 1 is 1.37 bits per heavy atom. The summed E-state index contributed by atoms with van der Waals surface area (Å²) in [6.07, 6.45) is 2.04. The van der Waals surface area contributed by atoms with Gasteiger partial charge in [-0.2, -0.15) is 0 Å². The summed E-state index contributed by atoms with van der Waals surface area (Å²) in [4.78, 5) is 19.1. The number of imidazole rings is 1. The molecule has 2 heterocycles. The first-order valence-corrected chi connectivity index (χ1v) is 6.51. The molecule has 1 aliphatic rings. The van der Waals surface area contributed by atoms with E-state index in [0.717, 1.165) is 25.9 Å². The Morgan fingerprint density at radius 3 is 2.42 bits per heavy atom. The zero-order valence-corrected chi connectivity index (χ0v) is 12.0. The van der Waals surface area contributed by atoms with Crippen LogP contribution < -0.4 is 4.90 Å². The summed E-state index contributed by atoms with van der Waals surface area (Å²) < 4.78 is 1.81. The second-order valence-electron chi connectivity index (χ2n) is 5.30. The van der Waals surface area contributed by atoms with Gasteiger partial charge in [0.15, 0.2) is 0 Å². The Bertz CT molecular complexity index is 475. The number of aromatic nitrogens is 2. The molecule has 1 fully saturated rings. The molecule has 1 aromatic heterocycles. The number of hydrogen-bond acceptors (Lipinski definition) is 5. The van der Waals surface area contributed by atoms with Gasteiger partial charge in [-0.05, 0) is 36.8 Å². The van der Waals surface area contributed by atoms with Gasteiger partial charge < -0.3 is 19.9 Å². The molecule has 0 amide bonds. The minimum Gasteiger partial charge on any atom is -0.358 e. The van der Waals surface area contributed by atoms with E-state index < -0.39 is 0 Å². The molecule has 1 aliphatic heterocycles. The molecule has 0 atom stereocenters. The van der Waals surface area contributed by atoms with Crippen molar-refractivity contribution in [2.45, 2.75) is 25.8 Å². The first-order valence-electron chi connectivity index (χ1n) is 6.51. The normalized spacial score (nSPS) is 17.2. The molecule has 0 saturated carbocycles. The first-order chi connectivity index (χ1) is 8.91. The highest BCUT2D eigenvalue weighted by Gasteiger charge is 2.31. The Kier molecular flexibility index (Phi) is 3.75. The lowest BCUT2D eigenvalue weighted by molar-refractivity contribution is -0.388. The second-order valence-corrected chi connectivity index (χ2v) is 5.30. The fourth-order valence-corrected chi connectivity index (χ4v) is 2.65. The number of nitro groups is 1. The number of anilines is 1. The van der Waals surface area contributed by atoms with Crippen LogP contribution in [0, 0.1) is 17.0 Å². The van der Waals surface area contributed by atoms with Gasteiger partial charge in [0.25, 0.3) is 0 Å². The van der Waals surface area contributed by atoms with E-state index in [9.17, 15) is 10.1 Å². The van der Waals surface area contributed by atoms with Crippen molar-refractivity contribution in [3.05, 3.63) is 15.9 Å². The van der Waals surface area contributed by atoms with Gasteiger partial charge in [0.2, 0.25) is 11.6 Å². The SMILES string of the molecule is Cc1nc([N+](=O)[O-])c(N2CCC(N(C)C)CC2)n1C. The molecule has 7 heteroatoms. The minimum atomic E-state index is -0.389. The van der Waals surface area contributed by atoms with E-state index in [1.165, 1.54) is 0 Å². The van der Waals surface area contributed by atoms with Crippen LogP contribution in [-0.2, 0) is 7.05 Å². The average molecular weight is 267 g/mol. The standard InChI is InChI=1S/C12H21N5O2/c1-9-13-11(17(18)19)12(15(9)4)16-7-5-10(6-8-16)14(2)3/h10H,5-8H2,1-4H3. The van der Waals surface area contributed by atoms with Gasteiger partial charge in [-0.25, -0.2) is 0 Å². The average Bonchev–Trinajstić information content (AvgIpc) is 2.66. The minimum absolute atomic E-state index is 0.0247. The van der Waals surface area contributed by atoms with E-state index in [0.29, 0.717) is 17.7 Å². The maximum Gasteiger partial charge on any atom is 0.406 e. The largest absolute Gasteiger partial charge is 0.406 e. The fourth-order valence-electron chi connectivity index (χ4n) is 2.65. The molecule has 0 N–H and O–H groups in total. The number of rotatable bonds is 3. The van der Waals surface area contributed by atoms with E-state index in [1.54, 1.807) is 6.92 Å². The quantitative estimate of drug-likeness (QED) is 0.607. The summed E-state index contributed by atoms with van der Waals surface area (Å²) in [5.41, 5.74) is 0. The van der Waals surface area contributed by atoms with Crippen LogP contribution in [0.25, 0.3) is 0 Å². The fraction of sp³-hybridized carbons (Fsp3) is 0.750. The maximum atomic E-state index is 11.1. The van der Waals surface area contributed by atoms with E-state index in [4.69, 9.17) is 0 Å². The molecule has 0 radical (unpaired) electrons. The Balaban J connectivity index is 2.22. The van der Waals surface area contributed by atoms with Crippen molar-refractivity contribution >= 4 is 11.6 Å². The highest BCUT2D eigenvalue weighted by molar-refractivity contribution is 5.56.